The summed E-state index contributed by atoms with van der Waals surface area (Å²) in [4.78, 5) is 3.38. The summed E-state index contributed by atoms with van der Waals surface area (Å²) in [6.07, 6.45) is 3.10. The Morgan fingerprint density at radius 2 is 1.95 bits per heavy atom. The molecule has 20 heavy (non-hydrogen) atoms. The lowest BCUT2D eigenvalue weighted by Crippen LogP contribution is -2.24. The van der Waals surface area contributed by atoms with E-state index in [-0.39, 0.29) is 12.2 Å². The molecule has 0 atom stereocenters. The maximum atomic E-state index is 13.8. The molecule has 0 aliphatic carbocycles. The summed E-state index contributed by atoms with van der Waals surface area (Å²) < 4.78 is 40.2. The van der Waals surface area contributed by atoms with Crippen LogP contribution >= 0.6 is 0 Å². The van der Waals surface area contributed by atoms with Gasteiger partial charge in [-0.1, -0.05) is 0 Å². The number of aromatic nitrogens is 1. The average Bonchev–Trinajstić information content (AvgIpc) is 2.42. The predicted molar refractivity (Wildman–Crippen MR) is 73.8 cm³/mol. The van der Waals surface area contributed by atoms with Gasteiger partial charge in [0.05, 0.1) is 0 Å². The Labute approximate surface area is 116 Å². The van der Waals surface area contributed by atoms with Crippen LogP contribution in [0.3, 0.4) is 0 Å². The van der Waals surface area contributed by atoms with Gasteiger partial charge in [0.25, 0.3) is 0 Å². The molecule has 5 nitrogen and oxygen atoms in total. The first-order valence-electron chi connectivity index (χ1n) is 5.84. The number of hydrogen-bond acceptors (Lipinski definition) is 4. The van der Waals surface area contributed by atoms with Crippen LogP contribution in [0.4, 0.5) is 10.1 Å². The molecule has 0 fully saturated rings. The fourth-order valence-electron chi connectivity index (χ4n) is 1.63. The van der Waals surface area contributed by atoms with E-state index >= 15 is 0 Å². The van der Waals surface area contributed by atoms with E-state index in [1.165, 1.54) is 0 Å². The van der Waals surface area contributed by atoms with E-state index in [0.717, 1.165) is 17.7 Å². The molecule has 1 aromatic heterocycles. The van der Waals surface area contributed by atoms with Crippen LogP contribution in [0.2, 0.25) is 0 Å². The molecule has 3 N–H and O–H groups in total. The van der Waals surface area contributed by atoms with Crippen molar-refractivity contribution in [3.8, 4) is 0 Å². The molecule has 0 radical (unpaired) electrons. The van der Waals surface area contributed by atoms with Gasteiger partial charge < -0.3 is 5.73 Å². The first-order chi connectivity index (χ1) is 9.40. The third kappa shape index (κ3) is 3.12. The number of nitrogens with zero attached hydrogens (tertiary/aromatic N) is 1. The first-order valence-corrected chi connectivity index (χ1v) is 7.32. The van der Waals surface area contributed by atoms with Gasteiger partial charge in [-0.05, 0) is 42.3 Å². The normalized spacial score (nSPS) is 11.5. The smallest absolute Gasteiger partial charge is 0.243 e. The topological polar surface area (TPSA) is 85.1 Å². The number of nitrogens with two attached hydrogens (primary N) is 1. The van der Waals surface area contributed by atoms with Crippen molar-refractivity contribution in [3.63, 3.8) is 0 Å². The van der Waals surface area contributed by atoms with Crippen LogP contribution in [-0.2, 0) is 16.6 Å². The van der Waals surface area contributed by atoms with Gasteiger partial charge >= 0.3 is 0 Å². The number of nitrogen functional groups attached to an aromatic ring is 1. The Morgan fingerprint density at radius 1 is 1.30 bits per heavy atom. The van der Waals surface area contributed by atoms with E-state index in [4.69, 9.17) is 5.73 Å². The van der Waals surface area contributed by atoms with Crippen molar-refractivity contribution >= 4 is 15.7 Å². The number of halogens is 1. The molecule has 0 unspecified atom stereocenters. The van der Waals surface area contributed by atoms with Gasteiger partial charge in [0, 0.05) is 24.6 Å². The van der Waals surface area contributed by atoms with E-state index in [1.807, 2.05) is 0 Å². The summed E-state index contributed by atoms with van der Waals surface area (Å²) in [5.74, 6) is -0.820. The van der Waals surface area contributed by atoms with Crippen LogP contribution in [0.1, 0.15) is 11.1 Å². The molecule has 0 bridgehead atoms. The Balaban J connectivity index is 2.25. The number of anilines is 1. The van der Waals surface area contributed by atoms with Crippen molar-refractivity contribution in [2.24, 2.45) is 0 Å². The molecule has 0 amide bonds. The lowest BCUT2D eigenvalue weighted by Gasteiger charge is -2.10. The molecule has 1 aromatic carbocycles. The van der Waals surface area contributed by atoms with Gasteiger partial charge in [-0.25, -0.2) is 17.5 Å². The molecular formula is C13H14FN3O2S. The zero-order valence-corrected chi connectivity index (χ0v) is 11.6. The van der Waals surface area contributed by atoms with Crippen molar-refractivity contribution in [3.05, 3.63) is 53.6 Å². The van der Waals surface area contributed by atoms with Gasteiger partial charge in [0.2, 0.25) is 10.0 Å². The third-order valence-corrected chi connectivity index (χ3v) is 4.24. The summed E-state index contributed by atoms with van der Waals surface area (Å²) >= 11 is 0. The molecule has 0 aliphatic rings. The van der Waals surface area contributed by atoms with Crippen LogP contribution in [0.5, 0.6) is 0 Å². The van der Waals surface area contributed by atoms with Crippen LogP contribution < -0.4 is 10.5 Å². The summed E-state index contributed by atoms with van der Waals surface area (Å²) in [7, 11) is -3.95. The molecule has 1 heterocycles. The molecule has 2 aromatic rings. The molecule has 0 aliphatic heterocycles. The molecule has 106 valence electrons. The van der Waals surface area contributed by atoms with Crippen LogP contribution in [0.15, 0.2) is 41.6 Å². The molecule has 0 spiro atoms. The molecule has 0 saturated carbocycles. The van der Waals surface area contributed by atoms with Crippen LogP contribution in [0.25, 0.3) is 0 Å². The predicted octanol–water partition coefficient (Wildman–Crippen LogP) is 1.59. The minimum absolute atomic E-state index is 0.0536. The highest BCUT2D eigenvalue weighted by molar-refractivity contribution is 7.89. The molecule has 2 rings (SSSR count). The van der Waals surface area contributed by atoms with Crippen molar-refractivity contribution in [2.75, 3.05) is 5.73 Å². The van der Waals surface area contributed by atoms with Gasteiger partial charge in [0.1, 0.15) is 10.7 Å². The number of nitrogens with one attached hydrogen (secondary N) is 1. The number of hydrogen-bond donors (Lipinski definition) is 2. The summed E-state index contributed by atoms with van der Waals surface area (Å²) in [5, 5.41) is 0. The lowest BCUT2D eigenvalue weighted by atomic mass is 10.2. The Hall–Kier alpha value is -1.99. The second-order valence-electron chi connectivity index (χ2n) is 4.32. The summed E-state index contributed by atoms with van der Waals surface area (Å²) in [5.41, 5.74) is 7.08. The second kappa shape index (κ2) is 5.56. The van der Waals surface area contributed by atoms with E-state index < -0.39 is 20.7 Å². The molecular weight excluding hydrogens is 281 g/mol. The van der Waals surface area contributed by atoms with E-state index in [1.54, 1.807) is 31.5 Å². The molecule has 0 saturated heterocycles. The Morgan fingerprint density at radius 3 is 2.60 bits per heavy atom. The lowest BCUT2D eigenvalue weighted by molar-refractivity contribution is 0.556. The van der Waals surface area contributed by atoms with E-state index in [2.05, 4.69) is 9.71 Å². The van der Waals surface area contributed by atoms with E-state index in [0.29, 0.717) is 5.56 Å². The van der Waals surface area contributed by atoms with Crippen LogP contribution in [0, 0.1) is 12.7 Å². The minimum atomic E-state index is -3.95. The average molecular weight is 295 g/mol. The van der Waals surface area contributed by atoms with Crippen molar-refractivity contribution in [1.29, 1.82) is 0 Å². The van der Waals surface area contributed by atoms with Gasteiger partial charge in [0.15, 0.2) is 0 Å². The Kier molecular flexibility index (Phi) is 4.01. The number of pyridine rings is 1. The monoisotopic (exact) mass is 295 g/mol. The van der Waals surface area contributed by atoms with E-state index in [9.17, 15) is 12.8 Å². The van der Waals surface area contributed by atoms with Crippen molar-refractivity contribution in [2.45, 2.75) is 18.4 Å². The Bertz CT molecular complexity index is 718. The molecule has 7 heteroatoms. The fraction of sp³-hybridized carbons (Fsp3) is 0.154. The quantitative estimate of drug-likeness (QED) is 0.839. The highest BCUT2D eigenvalue weighted by Gasteiger charge is 2.20. The standard InChI is InChI=1S/C13H14FN3O2S/c1-9-6-11(14)13(7-12(9)15)20(18,19)17-8-10-2-4-16-5-3-10/h2-7,17H,8,15H2,1H3. The van der Waals surface area contributed by atoms with Gasteiger partial charge in [-0.15, -0.1) is 0 Å². The highest BCUT2D eigenvalue weighted by atomic mass is 32.2. The second-order valence-corrected chi connectivity index (χ2v) is 6.05. The third-order valence-electron chi connectivity index (χ3n) is 2.83. The zero-order valence-electron chi connectivity index (χ0n) is 10.8. The zero-order chi connectivity index (χ0) is 14.8. The SMILES string of the molecule is Cc1cc(F)c(S(=O)(=O)NCc2ccncc2)cc1N. The largest absolute Gasteiger partial charge is 0.398 e. The maximum Gasteiger partial charge on any atom is 0.243 e. The minimum Gasteiger partial charge on any atom is -0.398 e. The van der Waals surface area contributed by atoms with Crippen molar-refractivity contribution in [1.82, 2.24) is 9.71 Å². The number of sulfonamides is 1. The summed E-state index contributed by atoms with van der Waals surface area (Å²) in [6, 6.07) is 5.57. The number of aryl methyl sites for hydroxylation is 1. The fourth-order valence-corrected chi connectivity index (χ4v) is 2.74. The first kappa shape index (κ1) is 14.4. The van der Waals surface area contributed by atoms with Crippen LogP contribution in [-0.4, -0.2) is 13.4 Å². The number of benzene rings is 1. The van der Waals surface area contributed by atoms with Crippen molar-refractivity contribution < 1.29 is 12.8 Å². The highest BCUT2D eigenvalue weighted by Crippen LogP contribution is 2.21. The maximum absolute atomic E-state index is 13.8. The van der Waals surface area contributed by atoms with Gasteiger partial charge in [-0.3, -0.25) is 4.98 Å². The summed E-state index contributed by atoms with van der Waals surface area (Å²) in [6.45, 7) is 1.66. The number of rotatable bonds is 4. The van der Waals surface area contributed by atoms with Gasteiger partial charge in [-0.2, -0.15) is 0 Å².